The van der Waals surface area contributed by atoms with E-state index < -0.39 is 34.1 Å². The molecule has 0 radical (unpaired) electrons. The molecule has 0 heterocycles. The molecule has 0 unspecified atom stereocenters. The van der Waals surface area contributed by atoms with Gasteiger partial charge in [-0.05, 0) is 81.6 Å². The van der Waals surface area contributed by atoms with Gasteiger partial charge in [-0.15, -0.1) is 0 Å². The minimum absolute atomic E-state index is 0.0314. The predicted octanol–water partition coefficient (Wildman–Crippen LogP) is 6.22. The summed E-state index contributed by atoms with van der Waals surface area (Å²) in [6, 6.07) is 18.9. The standard InChI is InChI=1S/C30H35Cl2N3O4S/c1-6-26(29(37)33-30(3,4)5)34(19-22-15-17-23(31)18-16-22)28(36)20-35(27-14-10-13-25(32)21(27)2)40(38,39)24-11-8-7-9-12-24/h7-18,26H,6,19-20H2,1-5H3,(H,33,37)/t26-/m1/s1. The maximum atomic E-state index is 14.1. The molecule has 3 aromatic carbocycles. The Morgan fingerprint density at radius 3 is 2.12 bits per heavy atom. The molecule has 1 atom stereocenters. The lowest BCUT2D eigenvalue weighted by Gasteiger charge is -2.35. The van der Waals surface area contributed by atoms with E-state index in [9.17, 15) is 18.0 Å². The molecule has 0 saturated carbocycles. The second kappa shape index (κ2) is 13.1. The molecule has 2 amide bonds. The molecule has 10 heteroatoms. The number of sulfonamides is 1. The average Bonchev–Trinajstić information content (AvgIpc) is 2.89. The Morgan fingerprint density at radius 1 is 0.925 bits per heavy atom. The summed E-state index contributed by atoms with van der Waals surface area (Å²) < 4.78 is 28.9. The molecule has 0 aliphatic heterocycles. The Hall–Kier alpha value is -3.07. The van der Waals surface area contributed by atoms with Gasteiger partial charge in [-0.1, -0.05) is 66.5 Å². The summed E-state index contributed by atoms with van der Waals surface area (Å²) in [6.45, 7) is 8.64. The molecule has 214 valence electrons. The van der Waals surface area contributed by atoms with Crippen LogP contribution < -0.4 is 9.62 Å². The van der Waals surface area contributed by atoms with Gasteiger partial charge in [0.15, 0.2) is 0 Å². The third kappa shape index (κ3) is 7.77. The van der Waals surface area contributed by atoms with E-state index in [1.807, 2.05) is 27.7 Å². The second-order valence-corrected chi connectivity index (χ2v) is 13.2. The highest BCUT2D eigenvalue weighted by Crippen LogP contribution is 2.31. The van der Waals surface area contributed by atoms with Gasteiger partial charge in [-0.2, -0.15) is 0 Å². The molecule has 1 N–H and O–H groups in total. The quantitative estimate of drug-likeness (QED) is 0.298. The number of nitrogens with one attached hydrogen (secondary N) is 1. The van der Waals surface area contributed by atoms with Crippen LogP contribution in [0.4, 0.5) is 5.69 Å². The Morgan fingerprint density at radius 2 is 1.55 bits per heavy atom. The van der Waals surface area contributed by atoms with Crippen LogP contribution >= 0.6 is 23.2 Å². The lowest BCUT2D eigenvalue weighted by atomic mass is 10.1. The summed E-state index contributed by atoms with van der Waals surface area (Å²) >= 11 is 12.4. The Labute approximate surface area is 247 Å². The Balaban J connectivity index is 2.10. The fraction of sp³-hybridized carbons (Fsp3) is 0.333. The van der Waals surface area contributed by atoms with Gasteiger partial charge in [0.2, 0.25) is 11.8 Å². The van der Waals surface area contributed by atoms with Crippen molar-refractivity contribution in [2.24, 2.45) is 0 Å². The highest BCUT2D eigenvalue weighted by Gasteiger charge is 2.35. The van der Waals surface area contributed by atoms with Gasteiger partial charge in [0.05, 0.1) is 10.6 Å². The van der Waals surface area contributed by atoms with E-state index in [4.69, 9.17) is 23.2 Å². The fourth-order valence-corrected chi connectivity index (χ4v) is 6.05. The number of carbonyl (C=O) groups is 2. The Kier molecular flexibility index (Phi) is 10.3. The van der Waals surface area contributed by atoms with Crippen molar-refractivity contribution in [2.75, 3.05) is 10.8 Å². The van der Waals surface area contributed by atoms with Crippen molar-refractivity contribution < 1.29 is 18.0 Å². The van der Waals surface area contributed by atoms with Crippen LogP contribution in [0.2, 0.25) is 10.0 Å². The minimum atomic E-state index is -4.17. The van der Waals surface area contributed by atoms with Crippen LogP contribution in [0.3, 0.4) is 0 Å². The molecule has 0 aliphatic carbocycles. The van der Waals surface area contributed by atoms with Crippen LogP contribution in [0, 0.1) is 6.92 Å². The number of rotatable bonds is 10. The first kappa shape index (κ1) is 31.5. The first-order chi connectivity index (χ1) is 18.7. The normalized spacial score (nSPS) is 12.5. The Bertz CT molecular complexity index is 1440. The van der Waals surface area contributed by atoms with Crippen molar-refractivity contribution in [1.82, 2.24) is 10.2 Å². The van der Waals surface area contributed by atoms with E-state index in [0.29, 0.717) is 22.0 Å². The molecule has 0 saturated heterocycles. The highest BCUT2D eigenvalue weighted by molar-refractivity contribution is 7.92. The predicted molar refractivity (Wildman–Crippen MR) is 161 cm³/mol. The van der Waals surface area contributed by atoms with Gasteiger partial charge >= 0.3 is 0 Å². The molecule has 7 nitrogen and oxygen atoms in total. The van der Waals surface area contributed by atoms with Crippen LogP contribution in [0.1, 0.15) is 45.2 Å². The molecule has 3 rings (SSSR count). The molecular formula is C30H35Cl2N3O4S. The van der Waals surface area contributed by atoms with Crippen molar-refractivity contribution in [3.63, 3.8) is 0 Å². The summed E-state index contributed by atoms with van der Waals surface area (Å²) in [7, 11) is -4.17. The summed E-state index contributed by atoms with van der Waals surface area (Å²) in [6.07, 6.45) is 0.322. The maximum Gasteiger partial charge on any atom is 0.264 e. The zero-order valence-corrected chi connectivity index (χ0v) is 25.6. The van der Waals surface area contributed by atoms with Crippen LogP contribution in [-0.2, 0) is 26.2 Å². The average molecular weight is 605 g/mol. The van der Waals surface area contributed by atoms with Gasteiger partial charge in [-0.25, -0.2) is 8.42 Å². The summed E-state index contributed by atoms with van der Waals surface area (Å²) in [5.74, 6) is -0.863. The van der Waals surface area contributed by atoms with Crippen molar-refractivity contribution in [1.29, 1.82) is 0 Å². The largest absolute Gasteiger partial charge is 0.350 e. The molecule has 0 fully saturated rings. The van der Waals surface area contributed by atoms with Crippen molar-refractivity contribution in [3.05, 3.63) is 94.0 Å². The van der Waals surface area contributed by atoms with Crippen LogP contribution in [0.5, 0.6) is 0 Å². The van der Waals surface area contributed by atoms with Crippen molar-refractivity contribution in [3.8, 4) is 0 Å². The molecule has 0 spiro atoms. The van der Waals surface area contributed by atoms with E-state index in [2.05, 4.69) is 5.32 Å². The molecule has 0 bridgehead atoms. The van der Waals surface area contributed by atoms with Crippen molar-refractivity contribution >= 4 is 50.7 Å². The minimum Gasteiger partial charge on any atom is -0.350 e. The van der Waals surface area contributed by atoms with Gasteiger partial charge in [0.25, 0.3) is 10.0 Å². The number of amides is 2. The lowest BCUT2D eigenvalue weighted by molar-refractivity contribution is -0.141. The molecule has 3 aromatic rings. The van der Waals surface area contributed by atoms with Gasteiger partial charge in [0.1, 0.15) is 12.6 Å². The van der Waals surface area contributed by atoms with E-state index in [0.717, 1.165) is 9.87 Å². The topological polar surface area (TPSA) is 86.8 Å². The first-order valence-corrected chi connectivity index (χ1v) is 15.1. The maximum absolute atomic E-state index is 14.1. The van der Waals surface area contributed by atoms with E-state index >= 15 is 0 Å². The van der Waals surface area contributed by atoms with E-state index in [-0.39, 0.29) is 23.0 Å². The molecule has 40 heavy (non-hydrogen) atoms. The SMILES string of the molecule is CC[C@H](C(=O)NC(C)(C)C)N(Cc1ccc(Cl)cc1)C(=O)CN(c1cccc(Cl)c1C)S(=O)(=O)c1ccccc1. The highest BCUT2D eigenvalue weighted by atomic mass is 35.5. The fourth-order valence-electron chi connectivity index (χ4n) is 4.26. The number of benzene rings is 3. The molecule has 0 aromatic heterocycles. The molecular weight excluding hydrogens is 569 g/mol. The number of hydrogen-bond donors (Lipinski definition) is 1. The van der Waals surface area contributed by atoms with Gasteiger partial charge in [-0.3, -0.25) is 13.9 Å². The smallest absolute Gasteiger partial charge is 0.264 e. The number of anilines is 1. The third-order valence-corrected chi connectivity index (χ3v) is 8.70. The van der Waals surface area contributed by atoms with Gasteiger partial charge < -0.3 is 10.2 Å². The van der Waals surface area contributed by atoms with Crippen LogP contribution in [-0.4, -0.2) is 43.3 Å². The van der Waals surface area contributed by atoms with Crippen LogP contribution in [0.25, 0.3) is 0 Å². The monoisotopic (exact) mass is 603 g/mol. The zero-order chi connectivity index (χ0) is 29.7. The lowest BCUT2D eigenvalue weighted by Crippen LogP contribution is -2.55. The van der Waals surface area contributed by atoms with Gasteiger partial charge in [0, 0.05) is 22.1 Å². The zero-order valence-electron chi connectivity index (χ0n) is 23.3. The summed E-state index contributed by atoms with van der Waals surface area (Å²) in [5, 5.41) is 3.86. The number of hydrogen-bond acceptors (Lipinski definition) is 4. The number of nitrogens with zero attached hydrogens (tertiary/aromatic N) is 2. The third-order valence-electron chi connectivity index (χ3n) is 6.27. The van der Waals surface area contributed by atoms with Crippen molar-refractivity contribution in [2.45, 2.75) is 64.1 Å². The summed E-state index contributed by atoms with van der Waals surface area (Å²) in [5.41, 5.74) is 1.01. The number of carbonyl (C=O) groups excluding carboxylic acids is 2. The summed E-state index contributed by atoms with van der Waals surface area (Å²) in [4.78, 5) is 29.0. The van der Waals surface area contributed by atoms with E-state index in [1.54, 1.807) is 67.6 Å². The molecule has 0 aliphatic rings. The van der Waals surface area contributed by atoms with Crippen LogP contribution in [0.15, 0.2) is 77.7 Å². The number of halogens is 2. The second-order valence-electron chi connectivity index (χ2n) is 10.5. The first-order valence-electron chi connectivity index (χ1n) is 12.9. The van der Waals surface area contributed by atoms with E-state index in [1.165, 1.54) is 17.0 Å².